The first kappa shape index (κ1) is 19.6. The van der Waals surface area contributed by atoms with Crippen molar-refractivity contribution in [2.24, 2.45) is 0 Å². The number of benzene rings is 1. The lowest BCUT2D eigenvalue weighted by molar-refractivity contribution is -0.122. The van der Waals surface area contributed by atoms with Crippen LogP contribution in [0.1, 0.15) is 62.8 Å². The highest BCUT2D eigenvalue weighted by Gasteiger charge is 2.16. The van der Waals surface area contributed by atoms with Gasteiger partial charge >= 0.3 is 0 Å². The number of carbonyl (C=O) groups is 1. The number of fused-ring (bicyclic) bond motifs is 1. The van der Waals surface area contributed by atoms with E-state index in [-0.39, 0.29) is 5.91 Å². The van der Waals surface area contributed by atoms with Crippen LogP contribution >= 0.6 is 0 Å². The summed E-state index contributed by atoms with van der Waals surface area (Å²) in [6.45, 7) is 0.748. The Hall–Kier alpha value is -2.69. The summed E-state index contributed by atoms with van der Waals surface area (Å²) < 4.78 is 2.19. The number of pyridine rings is 1. The number of rotatable bonds is 7. The Balaban J connectivity index is 1.39. The maximum atomic E-state index is 12.4. The molecule has 0 bridgehead atoms. The molecule has 0 radical (unpaired) electrons. The standard InChI is InChI=1S/C24H30N4O/c29-23(26-20-12-6-1-2-7-13-20)16-8-15-22-27-21-14-9-17-25-24(21)28(22)18-19-10-4-3-5-11-19/h3-5,9-11,14,17,20H,1-2,6-8,12-13,15-16,18H2,(H,26,29). The number of carbonyl (C=O) groups excluding carboxylic acids is 1. The van der Waals surface area contributed by atoms with Crippen molar-refractivity contribution in [3.63, 3.8) is 0 Å². The zero-order valence-corrected chi connectivity index (χ0v) is 17.0. The molecule has 2 aromatic heterocycles. The van der Waals surface area contributed by atoms with Crippen molar-refractivity contribution in [3.8, 4) is 0 Å². The molecule has 29 heavy (non-hydrogen) atoms. The summed E-state index contributed by atoms with van der Waals surface area (Å²) in [6, 6.07) is 14.7. The van der Waals surface area contributed by atoms with Gasteiger partial charge in [-0.15, -0.1) is 0 Å². The summed E-state index contributed by atoms with van der Waals surface area (Å²) >= 11 is 0. The average Bonchev–Trinajstić information content (AvgIpc) is 2.89. The SMILES string of the molecule is O=C(CCCc1nc2cccnc2n1Cc1ccccc1)NC1CCCCCC1. The lowest BCUT2D eigenvalue weighted by Crippen LogP contribution is -2.34. The number of amides is 1. The molecule has 1 fully saturated rings. The van der Waals surface area contributed by atoms with Crippen molar-refractivity contribution in [2.45, 2.75) is 70.4 Å². The second-order valence-corrected chi connectivity index (χ2v) is 8.06. The second kappa shape index (κ2) is 9.68. The first-order valence-electron chi connectivity index (χ1n) is 10.9. The Morgan fingerprint density at radius 2 is 1.83 bits per heavy atom. The van der Waals surface area contributed by atoms with Crippen LogP contribution in [0.2, 0.25) is 0 Å². The van der Waals surface area contributed by atoms with Crippen molar-refractivity contribution < 1.29 is 4.79 Å². The Morgan fingerprint density at radius 3 is 2.62 bits per heavy atom. The van der Waals surface area contributed by atoms with E-state index in [0.29, 0.717) is 12.5 Å². The van der Waals surface area contributed by atoms with E-state index >= 15 is 0 Å². The fraction of sp³-hybridized carbons (Fsp3) is 0.458. The highest BCUT2D eigenvalue weighted by Crippen LogP contribution is 2.19. The lowest BCUT2D eigenvalue weighted by Gasteiger charge is -2.16. The van der Waals surface area contributed by atoms with Gasteiger partial charge in [0.25, 0.3) is 0 Å². The number of aryl methyl sites for hydroxylation is 1. The molecule has 0 unspecified atom stereocenters. The molecule has 3 aromatic rings. The molecule has 4 rings (SSSR count). The maximum absolute atomic E-state index is 12.4. The van der Waals surface area contributed by atoms with E-state index in [9.17, 15) is 4.79 Å². The molecule has 5 heteroatoms. The van der Waals surface area contributed by atoms with Gasteiger partial charge in [0.1, 0.15) is 11.3 Å². The van der Waals surface area contributed by atoms with Gasteiger partial charge in [0.15, 0.2) is 5.65 Å². The molecule has 1 aliphatic carbocycles. The van der Waals surface area contributed by atoms with Gasteiger partial charge in [0.05, 0.1) is 6.54 Å². The predicted octanol–water partition coefficient (Wildman–Crippen LogP) is 4.64. The number of hydrogen-bond donors (Lipinski definition) is 1. The molecule has 1 amide bonds. The molecule has 152 valence electrons. The maximum Gasteiger partial charge on any atom is 0.220 e. The topological polar surface area (TPSA) is 59.8 Å². The summed E-state index contributed by atoms with van der Waals surface area (Å²) in [5.41, 5.74) is 3.06. The number of nitrogens with zero attached hydrogens (tertiary/aromatic N) is 3. The van der Waals surface area contributed by atoms with Gasteiger partial charge in [-0.25, -0.2) is 9.97 Å². The van der Waals surface area contributed by atoms with Gasteiger partial charge in [-0.1, -0.05) is 56.0 Å². The monoisotopic (exact) mass is 390 g/mol. The van der Waals surface area contributed by atoms with Gasteiger partial charge in [-0.2, -0.15) is 0 Å². The van der Waals surface area contributed by atoms with Crippen molar-refractivity contribution in [3.05, 3.63) is 60.0 Å². The molecule has 1 saturated carbocycles. The Kier molecular flexibility index (Phi) is 6.55. The van der Waals surface area contributed by atoms with E-state index in [2.05, 4.69) is 39.1 Å². The zero-order valence-electron chi connectivity index (χ0n) is 17.0. The lowest BCUT2D eigenvalue weighted by atomic mass is 10.1. The van der Waals surface area contributed by atoms with E-state index < -0.39 is 0 Å². The molecule has 1 N–H and O–H groups in total. The Labute approximate surface area is 172 Å². The minimum atomic E-state index is 0.181. The van der Waals surface area contributed by atoms with Gasteiger partial charge in [0.2, 0.25) is 5.91 Å². The van der Waals surface area contributed by atoms with Crippen LogP contribution in [0.4, 0.5) is 0 Å². The number of aromatic nitrogens is 3. The Morgan fingerprint density at radius 1 is 1.03 bits per heavy atom. The Bertz CT molecular complexity index is 926. The zero-order chi connectivity index (χ0) is 19.9. The largest absolute Gasteiger partial charge is 0.353 e. The molecular weight excluding hydrogens is 360 g/mol. The van der Waals surface area contributed by atoms with Gasteiger partial charge in [-0.05, 0) is 37.0 Å². The van der Waals surface area contributed by atoms with Crippen LogP contribution in [-0.4, -0.2) is 26.5 Å². The fourth-order valence-corrected chi connectivity index (χ4v) is 4.26. The van der Waals surface area contributed by atoms with Crippen molar-refractivity contribution in [1.29, 1.82) is 0 Å². The molecule has 5 nitrogen and oxygen atoms in total. The van der Waals surface area contributed by atoms with Crippen LogP contribution in [-0.2, 0) is 17.8 Å². The first-order chi connectivity index (χ1) is 14.3. The third kappa shape index (κ3) is 5.22. The van der Waals surface area contributed by atoms with Crippen LogP contribution in [0, 0.1) is 0 Å². The highest BCUT2D eigenvalue weighted by molar-refractivity contribution is 5.76. The molecule has 2 heterocycles. The van der Waals surface area contributed by atoms with Crippen molar-refractivity contribution in [1.82, 2.24) is 19.9 Å². The van der Waals surface area contributed by atoms with Crippen LogP contribution in [0.3, 0.4) is 0 Å². The summed E-state index contributed by atoms with van der Waals surface area (Å²) in [5, 5.41) is 3.25. The summed E-state index contributed by atoms with van der Waals surface area (Å²) in [4.78, 5) is 21.8. The first-order valence-corrected chi connectivity index (χ1v) is 10.9. The quantitative estimate of drug-likeness (QED) is 0.598. The van der Waals surface area contributed by atoms with E-state index in [1.165, 1.54) is 31.2 Å². The van der Waals surface area contributed by atoms with Crippen LogP contribution in [0.15, 0.2) is 48.7 Å². The van der Waals surface area contributed by atoms with E-state index in [4.69, 9.17) is 4.98 Å². The minimum absolute atomic E-state index is 0.181. The summed E-state index contributed by atoms with van der Waals surface area (Å²) in [5.74, 6) is 1.19. The fourth-order valence-electron chi connectivity index (χ4n) is 4.26. The number of imidazole rings is 1. The van der Waals surface area contributed by atoms with Crippen LogP contribution < -0.4 is 5.32 Å². The number of nitrogens with one attached hydrogen (secondary N) is 1. The molecule has 1 aliphatic rings. The molecule has 1 aromatic carbocycles. The van der Waals surface area contributed by atoms with Crippen LogP contribution in [0.5, 0.6) is 0 Å². The van der Waals surface area contributed by atoms with E-state index in [1.54, 1.807) is 0 Å². The van der Waals surface area contributed by atoms with Crippen molar-refractivity contribution in [2.75, 3.05) is 0 Å². The molecular formula is C24H30N4O. The van der Waals surface area contributed by atoms with E-state index in [0.717, 1.165) is 49.2 Å². The van der Waals surface area contributed by atoms with Crippen molar-refractivity contribution >= 4 is 17.1 Å². The molecule has 0 saturated heterocycles. The predicted molar refractivity (Wildman–Crippen MR) is 116 cm³/mol. The molecule has 0 aliphatic heterocycles. The van der Waals surface area contributed by atoms with E-state index in [1.807, 2.05) is 24.4 Å². The smallest absolute Gasteiger partial charge is 0.220 e. The van der Waals surface area contributed by atoms with Crippen LogP contribution in [0.25, 0.3) is 11.2 Å². The van der Waals surface area contributed by atoms with Gasteiger partial charge in [0, 0.05) is 25.1 Å². The average molecular weight is 391 g/mol. The van der Waals surface area contributed by atoms with Gasteiger partial charge in [-0.3, -0.25) is 4.79 Å². The highest BCUT2D eigenvalue weighted by atomic mass is 16.1. The normalized spacial score (nSPS) is 15.3. The minimum Gasteiger partial charge on any atom is -0.353 e. The third-order valence-electron chi connectivity index (χ3n) is 5.79. The summed E-state index contributed by atoms with van der Waals surface area (Å²) in [6.07, 6.45) is 11.3. The molecule has 0 atom stereocenters. The number of hydrogen-bond acceptors (Lipinski definition) is 3. The van der Waals surface area contributed by atoms with Gasteiger partial charge < -0.3 is 9.88 Å². The summed E-state index contributed by atoms with van der Waals surface area (Å²) in [7, 11) is 0. The third-order valence-corrected chi connectivity index (χ3v) is 5.79. The second-order valence-electron chi connectivity index (χ2n) is 8.06. The molecule has 0 spiro atoms.